The molecule has 1 aliphatic heterocycles. The van der Waals surface area contributed by atoms with E-state index in [1.165, 1.54) is 12.1 Å². The highest BCUT2D eigenvalue weighted by Crippen LogP contribution is 2.24. The number of rotatable bonds is 4. The van der Waals surface area contributed by atoms with Crippen LogP contribution in [0.15, 0.2) is 24.3 Å². The van der Waals surface area contributed by atoms with Gasteiger partial charge in [-0.25, -0.2) is 4.39 Å². The maximum absolute atomic E-state index is 13.0. The summed E-state index contributed by atoms with van der Waals surface area (Å²) in [6.45, 7) is 8.21. The van der Waals surface area contributed by atoms with Crippen molar-refractivity contribution in [2.45, 2.75) is 32.4 Å². The summed E-state index contributed by atoms with van der Waals surface area (Å²) in [7, 11) is 0. The van der Waals surface area contributed by atoms with E-state index in [9.17, 15) is 9.65 Å². The van der Waals surface area contributed by atoms with Crippen molar-refractivity contribution >= 4 is 0 Å². The average molecular weight is 275 g/mol. The summed E-state index contributed by atoms with van der Waals surface area (Å²) in [5, 5.41) is 9.48. The molecule has 0 amide bonds. The maximum Gasteiger partial charge on any atom is 0.123 e. The predicted molar refractivity (Wildman–Crippen MR) is 77.7 cm³/mol. The van der Waals surface area contributed by atoms with Gasteiger partial charge in [0.05, 0.1) is 6.07 Å². The zero-order valence-electron chi connectivity index (χ0n) is 12.2. The SMILES string of the molecule is CCC1CN(C(C#N)c2ccc(F)cc2)CCN1CC. The van der Waals surface area contributed by atoms with Crippen LogP contribution in [-0.4, -0.2) is 42.0 Å². The molecule has 1 fully saturated rings. The van der Waals surface area contributed by atoms with E-state index in [2.05, 4.69) is 29.7 Å². The third-order valence-electron chi connectivity index (χ3n) is 4.19. The zero-order valence-corrected chi connectivity index (χ0v) is 12.2. The highest BCUT2D eigenvalue weighted by Gasteiger charge is 2.29. The number of halogens is 1. The van der Waals surface area contributed by atoms with Crippen molar-refractivity contribution in [1.29, 1.82) is 5.26 Å². The smallest absolute Gasteiger partial charge is 0.123 e. The van der Waals surface area contributed by atoms with Gasteiger partial charge in [-0.05, 0) is 30.7 Å². The topological polar surface area (TPSA) is 30.3 Å². The van der Waals surface area contributed by atoms with Crippen LogP contribution in [0.4, 0.5) is 4.39 Å². The summed E-state index contributed by atoms with van der Waals surface area (Å²) in [6, 6.07) is 8.90. The normalized spacial score (nSPS) is 22.4. The Morgan fingerprint density at radius 2 is 2.00 bits per heavy atom. The van der Waals surface area contributed by atoms with Gasteiger partial charge in [-0.1, -0.05) is 26.0 Å². The molecule has 2 atom stereocenters. The van der Waals surface area contributed by atoms with E-state index < -0.39 is 0 Å². The summed E-state index contributed by atoms with van der Waals surface area (Å²) in [5.41, 5.74) is 0.883. The van der Waals surface area contributed by atoms with Crippen LogP contribution in [0.25, 0.3) is 0 Å². The number of piperazine rings is 1. The summed E-state index contributed by atoms with van der Waals surface area (Å²) in [6.07, 6.45) is 1.09. The minimum Gasteiger partial charge on any atom is -0.298 e. The van der Waals surface area contributed by atoms with Crippen LogP contribution >= 0.6 is 0 Å². The molecule has 2 unspecified atom stereocenters. The van der Waals surface area contributed by atoms with Crippen LogP contribution < -0.4 is 0 Å². The number of likely N-dealkylation sites (N-methyl/N-ethyl adjacent to an activating group) is 1. The van der Waals surface area contributed by atoms with E-state index in [-0.39, 0.29) is 11.9 Å². The lowest BCUT2D eigenvalue weighted by molar-refractivity contribution is 0.0623. The monoisotopic (exact) mass is 275 g/mol. The molecule has 1 aliphatic rings. The van der Waals surface area contributed by atoms with Gasteiger partial charge < -0.3 is 0 Å². The van der Waals surface area contributed by atoms with Crippen LogP contribution in [-0.2, 0) is 0 Å². The van der Waals surface area contributed by atoms with Crippen LogP contribution in [0.5, 0.6) is 0 Å². The van der Waals surface area contributed by atoms with Crippen molar-refractivity contribution < 1.29 is 4.39 Å². The molecule has 1 aromatic rings. The Kier molecular flexibility index (Phi) is 5.11. The van der Waals surface area contributed by atoms with Gasteiger partial charge in [-0.3, -0.25) is 9.80 Å². The number of nitrogens with zero attached hydrogens (tertiary/aromatic N) is 3. The van der Waals surface area contributed by atoms with Crippen LogP contribution in [0.1, 0.15) is 31.9 Å². The van der Waals surface area contributed by atoms with Gasteiger partial charge in [0, 0.05) is 25.7 Å². The Hall–Kier alpha value is -1.44. The number of hydrogen-bond donors (Lipinski definition) is 0. The van der Waals surface area contributed by atoms with Gasteiger partial charge in [-0.15, -0.1) is 0 Å². The third-order valence-corrected chi connectivity index (χ3v) is 4.19. The van der Waals surface area contributed by atoms with E-state index >= 15 is 0 Å². The molecule has 0 radical (unpaired) electrons. The van der Waals surface area contributed by atoms with Gasteiger partial charge in [0.15, 0.2) is 0 Å². The lowest BCUT2D eigenvalue weighted by atomic mass is 10.0. The highest BCUT2D eigenvalue weighted by atomic mass is 19.1. The first-order valence-electron chi connectivity index (χ1n) is 7.32. The fourth-order valence-electron chi connectivity index (χ4n) is 2.97. The quantitative estimate of drug-likeness (QED) is 0.846. The molecule has 2 rings (SSSR count). The minimum atomic E-state index is -0.274. The van der Waals surface area contributed by atoms with E-state index in [4.69, 9.17) is 0 Å². The van der Waals surface area contributed by atoms with Crippen molar-refractivity contribution in [1.82, 2.24) is 9.80 Å². The molecule has 3 nitrogen and oxygen atoms in total. The molecule has 1 aromatic carbocycles. The fraction of sp³-hybridized carbons (Fsp3) is 0.562. The average Bonchev–Trinajstić information content (AvgIpc) is 2.49. The molecule has 0 aromatic heterocycles. The maximum atomic E-state index is 13.0. The molecule has 20 heavy (non-hydrogen) atoms. The van der Waals surface area contributed by atoms with Crippen molar-refractivity contribution in [3.05, 3.63) is 35.6 Å². The van der Waals surface area contributed by atoms with Crippen molar-refractivity contribution in [3.63, 3.8) is 0 Å². The summed E-state index contributed by atoms with van der Waals surface area (Å²) < 4.78 is 13.0. The Balaban J connectivity index is 2.13. The Morgan fingerprint density at radius 3 is 2.55 bits per heavy atom. The number of hydrogen-bond acceptors (Lipinski definition) is 3. The molecular weight excluding hydrogens is 253 g/mol. The van der Waals surface area contributed by atoms with Crippen LogP contribution in [0.2, 0.25) is 0 Å². The fourth-order valence-corrected chi connectivity index (χ4v) is 2.97. The molecule has 1 saturated heterocycles. The highest BCUT2D eigenvalue weighted by molar-refractivity contribution is 5.25. The van der Waals surface area contributed by atoms with Crippen LogP contribution in [0, 0.1) is 17.1 Å². The molecule has 4 heteroatoms. The molecule has 0 bridgehead atoms. The Labute approximate surface area is 120 Å². The molecule has 0 aliphatic carbocycles. The first kappa shape index (κ1) is 15.0. The summed E-state index contributed by atoms with van der Waals surface area (Å²) >= 11 is 0. The molecule has 0 saturated carbocycles. The van der Waals surface area contributed by atoms with E-state index in [1.807, 2.05) is 0 Å². The molecule has 0 N–H and O–H groups in total. The van der Waals surface area contributed by atoms with E-state index in [1.54, 1.807) is 12.1 Å². The number of benzene rings is 1. The molecule has 1 heterocycles. The van der Waals surface area contributed by atoms with Crippen molar-refractivity contribution in [2.75, 3.05) is 26.2 Å². The lowest BCUT2D eigenvalue weighted by Crippen LogP contribution is -2.53. The first-order chi connectivity index (χ1) is 9.69. The van der Waals surface area contributed by atoms with E-state index in [0.717, 1.165) is 38.2 Å². The third kappa shape index (κ3) is 3.17. The van der Waals surface area contributed by atoms with Gasteiger partial charge in [0.2, 0.25) is 0 Å². The predicted octanol–water partition coefficient (Wildman–Crippen LogP) is 2.81. The lowest BCUT2D eigenvalue weighted by Gasteiger charge is -2.42. The largest absolute Gasteiger partial charge is 0.298 e. The Morgan fingerprint density at radius 1 is 1.30 bits per heavy atom. The molecular formula is C16H22FN3. The number of nitriles is 1. The van der Waals surface area contributed by atoms with Crippen LogP contribution in [0.3, 0.4) is 0 Å². The summed E-state index contributed by atoms with van der Waals surface area (Å²) in [4.78, 5) is 4.68. The zero-order chi connectivity index (χ0) is 14.5. The second kappa shape index (κ2) is 6.83. The summed E-state index contributed by atoms with van der Waals surface area (Å²) in [5.74, 6) is -0.257. The van der Waals surface area contributed by atoms with E-state index in [0.29, 0.717) is 6.04 Å². The van der Waals surface area contributed by atoms with Crippen molar-refractivity contribution in [2.24, 2.45) is 0 Å². The first-order valence-corrected chi connectivity index (χ1v) is 7.32. The Bertz CT molecular complexity index is 466. The van der Waals surface area contributed by atoms with Gasteiger partial charge in [0.25, 0.3) is 0 Å². The standard InChI is InChI=1S/C16H22FN3/c1-3-15-12-20(10-9-19(15)4-2)16(11-18)13-5-7-14(17)8-6-13/h5-8,15-16H,3-4,9-10,12H2,1-2H3. The molecule has 108 valence electrons. The second-order valence-electron chi connectivity index (χ2n) is 5.27. The van der Waals surface area contributed by atoms with Gasteiger partial charge in [-0.2, -0.15) is 5.26 Å². The van der Waals surface area contributed by atoms with Gasteiger partial charge in [0.1, 0.15) is 11.9 Å². The van der Waals surface area contributed by atoms with Gasteiger partial charge >= 0.3 is 0 Å². The minimum absolute atomic E-state index is 0.257. The molecule has 0 spiro atoms. The second-order valence-corrected chi connectivity index (χ2v) is 5.27. The van der Waals surface area contributed by atoms with Crippen molar-refractivity contribution in [3.8, 4) is 6.07 Å².